The number of para-hydroxylation sites is 1. The molecule has 6 atom stereocenters. The molecule has 1 unspecified atom stereocenters. The van der Waals surface area contributed by atoms with Crippen molar-refractivity contribution in [2.45, 2.75) is 37.6 Å². The first-order valence-corrected chi connectivity index (χ1v) is 14.1. The summed E-state index contributed by atoms with van der Waals surface area (Å²) in [5.41, 5.74) is 0.0141. The third-order valence-electron chi connectivity index (χ3n) is 8.86. The van der Waals surface area contributed by atoms with Gasteiger partial charge in [-0.15, -0.1) is 0 Å². The van der Waals surface area contributed by atoms with E-state index in [1.807, 2.05) is 68.5 Å². The molecule has 4 heterocycles. The number of carbonyl (C=O) groups is 3. The van der Waals surface area contributed by atoms with Gasteiger partial charge in [-0.3, -0.25) is 14.4 Å². The van der Waals surface area contributed by atoms with E-state index in [0.29, 0.717) is 18.0 Å². The maximum absolute atomic E-state index is 14.5. The quantitative estimate of drug-likeness (QED) is 0.549. The summed E-state index contributed by atoms with van der Waals surface area (Å²) in [6, 6.07) is 14.8. The highest BCUT2D eigenvalue weighted by molar-refractivity contribution is 6.07. The number of benzene rings is 2. The second-order valence-electron chi connectivity index (χ2n) is 11.3. The van der Waals surface area contributed by atoms with Gasteiger partial charge >= 0.3 is 0 Å². The molecule has 214 valence electrons. The molecule has 6 rings (SSSR count). The largest absolute Gasteiger partial charge is 0.497 e. The Labute approximate surface area is 239 Å². The van der Waals surface area contributed by atoms with Crippen molar-refractivity contribution in [1.29, 1.82) is 0 Å². The smallest absolute Gasteiger partial charge is 0.253 e. The predicted octanol–water partition coefficient (Wildman–Crippen LogP) is 2.80. The lowest BCUT2D eigenvalue weighted by atomic mass is 9.77. The molecular formula is C32H35N3O6. The molecule has 9 heteroatoms. The monoisotopic (exact) mass is 557 g/mol. The second kappa shape index (κ2) is 10.5. The minimum Gasteiger partial charge on any atom is -0.497 e. The van der Waals surface area contributed by atoms with Crippen LogP contribution in [0.2, 0.25) is 0 Å². The lowest BCUT2D eigenvalue weighted by molar-refractivity contribution is -0.145. The highest BCUT2D eigenvalue weighted by Gasteiger charge is 2.72. The molecule has 0 aliphatic carbocycles. The van der Waals surface area contributed by atoms with Crippen molar-refractivity contribution in [3.8, 4) is 5.75 Å². The van der Waals surface area contributed by atoms with E-state index >= 15 is 0 Å². The average molecular weight is 558 g/mol. The summed E-state index contributed by atoms with van der Waals surface area (Å²) >= 11 is 0. The number of nitrogens with zero attached hydrogens (tertiary/aromatic N) is 3. The van der Waals surface area contributed by atoms with Gasteiger partial charge in [0.25, 0.3) is 5.91 Å². The van der Waals surface area contributed by atoms with Crippen LogP contribution in [0.1, 0.15) is 13.8 Å². The Morgan fingerprint density at radius 3 is 2.24 bits per heavy atom. The van der Waals surface area contributed by atoms with E-state index in [4.69, 9.17) is 9.47 Å². The number of carbonyl (C=O) groups excluding carboxylic acids is 3. The number of hydrogen-bond donors (Lipinski definition) is 1. The van der Waals surface area contributed by atoms with Crippen LogP contribution in [0, 0.1) is 17.8 Å². The highest BCUT2D eigenvalue weighted by Crippen LogP contribution is 2.54. The number of rotatable bonds is 6. The summed E-state index contributed by atoms with van der Waals surface area (Å²) in [5, 5.41) is 10.5. The molecule has 2 aromatic rings. The third kappa shape index (κ3) is 4.18. The molecule has 4 aliphatic heterocycles. The zero-order valence-corrected chi connectivity index (χ0v) is 23.4. The molecule has 9 nitrogen and oxygen atoms in total. The third-order valence-corrected chi connectivity index (χ3v) is 8.86. The van der Waals surface area contributed by atoms with Crippen LogP contribution >= 0.6 is 0 Å². The fourth-order valence-electron chi connectivity index (χ4n) is 6.89. The van der Waals surface area contributed by atoms with E-state index in [9.17, 15) is 19.5 Å². The van der Waals surface area contributed by atoms with Crippen LogP contribution in [0.15, 0.2) is 78.9 Å². The number of fused-ring (bicyclic) bond motifs is 2. The van der Waals surface area contributed by atoms with Crippen molar-refractivity contribution in [3.05, 3.63) is 78.9 Å². The number of ether oxygens (including phenoxy) is 2. The molecule has 1 spiro atoms. The van der Waals surface area contributed by atoms with Crippen LogP contribution in [0.25, 0.3) is 0 Å². The van der Waals surface area contributed by atoms with Crippen LogP contribution < -0.4 is 14.5 Å². The van der Waals surface area contributed by atoms with E-state index < -0.39 is 35.6 Å². The summed E-state index contributed by atoms with van der Waals surface area (Å²) in [6.07, 6.45) is 6.74. The molecule has 1 N–H and O–H groups in total. The predicted molar refractivity (Wildman–Crippen MR) is 153 cm³/mol. The van der Waals surface area contributed by atoms with Crippen molar-refractivity contribution in [3.63, 3.8) is 0 Å². The number of anilines is 2. The van der Waals surface area contributed by atoms with Gasteiger partial charge in [0.2, 0.25) is 11.8 Å². The van der Waals surface area contributed by atoms with Crippen LogP contribution in [0.3, 0.4) is 0 Å². The lowest BCUT2D eigenvalue weighted by Crippen LogP contribution is -2.59. The summed E-state index contributed by atoms with van der Waals surface area (Å²) < 4.78 is 12.0. The normalized spacial score (nSPS) is 29.8. The van der Waals surface area contributed by atoms with E-state index in [1.165, 1.54) is 4.90 Å². The maximum atomic E-state index is 14.5. The van der Waals surface area contributed by atoms with Crippen molar-refractivity contribution < 1.29 is 29.0 Å². The Morgan fingerprint density at radius 2 is 1.59 bits per heavy atom. The fourth-order valence-corrected chi connectivity index (χ4v) is 6.89. The molecule has 0 radical (unpaired) electrons. The number of aliphatic hydroxyl groups excluding tert-OH is 1. The van der Waals surface area contributed by atoms with Gasteiger partial charge in [-0.2, -0.15) is 0 Å². The van der Waals surface area contributed by atoms with Gasteiger partial charge in [-0.25, -0.2) is 0 Å². The van der Waals surface area contributed by atoms with Gasteiger partial charge < -0.3 is 29.3 Å². The van der Waals surface area contributed by atoms with Gasteiger partial charge in [-0.05, 0) is 42.3 Å². The van der Waals surface area contributed by atoms with Gasteiger partial charge in [-0.1, -0.05) is 56.4 Å². The van der Waals surface area contributed by atoms with Gasteiger partial charge in [0.15, 0.2) is 0 Å². The van der Waals surface area contributed by atoms with Crippen LogP contribution in [-0.2, 0) is 19.1 Å². The lowest BCUT2D eigenvalue weighted by Gasteiger charge is -2.39. The fraction of sp³-hybridized carbons (Fsp3) is 0.406. The maximum Gasteiger partial charge on any atom is 0.253 e. The molecule has 0 bridgehead atoms. The minimum atomic E-state index is -1.37. The zero-order valence-electron chi connectivity index (χ0n) is 23.4. The van der Waals surface area contributed by atoms with Crippen LogP contribution in [0.5, 0.6) is 5.75 Å². The summed E-state index contributed by atoms with van der Waals surface area (Å²) in [6.45, 7) is 4.12. The van der Waals surface area contributed by atoms with E-state index in [0.717, 1.165) is 5.69 Å². The van der Waals surface area contributed by atoms with Gasteiger partial charge in [0.05, 0.1) is 37.7 Å². The van der Waals surface area contributed by atoms with Crippen LogP contribution in [0.4, 0.5) is 11.4 Å². The number of likely N-dealkylation sites (tertiary alicyclic amines) is 1. The van der Waals surface area contributed by atoms with E-state index in [-0.39, 0.29) is 36.8 Å². The number of amides is 3. The molecular weight excluding hydrogens is 522 g/mol. The molecule has 0 saturated carbocycles. The summed E-state index contributed by atoms with van der Waals surface area (Å²) in [7, 11) is 1.58. The topological polar surface area (TPSA) is 99.6 Å². The molecule has 2 fully saturated rings. The molecule has 0 aromatic heterocycles. The number of hydrogen-bond acceptors (Lipinski definition) is 6. The van der Waals surface area contributed by atoms with Crippen LogP contribution in [-0.4, -0.2) is 78.3 Å². The summed E-state index contributed by atoms with van der Waals surface area (Å²) in [4.78, 5) is 48.1. The Hall–Kier alpha value is -3.95. The molecule has 3 amide bonds. The SMILES string of the molecule is COc1ccc(N2CC=C[C@]34O[C@@H]5C=CCN(c6ccccc6)C(=O)[C@@H]5[C@H]3C(=O)N([C@@H](CO)C(C)C)C4C2=O)cc1. The summed E-state index contributed by atoms with van der Waals surface area (Å²) in [5.74, 6) is -2.12. The highest BCUT2D eigenvalue weighted by atomic mass is 16.5. The number of aliphatic hydroxyl groups is 1. The first-order chi connectivity index (χ1) is 19.8. The Kier molecular flexibility index (Phi) is 6.95. The van der Waals surface area contributed by atoms with Gasteiger partial charge in [0, 0.05) is 24.5 Å². The first-order valence-electron chi connectivity index (χ1n) is 14.1. The molecule has 2 saturated heterocycles. The van der Waals surface area contributed by atoms with Gasteiger partial charge in [0.1, 0.15) is 17.4 Å². The Balaban J connectivity index is 1.46. The Morgan fingerprint density at radius 1 is 0.927 bits per heavy atom. The first kappa shape index (κ1) is 27.2. The van der Waals surface area contributed by atoms with Crippen molar-refractivity contribution in [2.75, 3.05) is 36.6 Å². The van der Waals surface area contributed by atoms with Crippen molar-refractivity contribution >= 4 is 29.1 Å². The van der Waals surface area contributed by atoms with Crippen molar-refractivity contribution in [1.82, 2.24) is 4.90 Å². The average Bonchev–Trinajstić information content (AvgIpc) is 3.29. The number of methoxy groups -OCH3 is 1. The standard InChI is InChI=1S/C32H35N3O6/c1-20(2)24(19-36)35-28-31(39)34(22-12-14-23(40-3)15-13-22)18-8-16-32(28)27(30(35)38)26-25(41-32)11-7-17-33(29(26)37)21-9-5-4-6-10-21/h4-16,20,24-28,36H,17-19H2,1-3H3/t24-,25+,26-,27-,28?,32-/m0/s1. The minimum absolute atomic E-state index is 0.143. The second-order valence-corrected chi connectivity index (χ2v) is 11.3. The molecule has 4 aliphatic rings. The van der Waals surface area contributed by atoms with Crippen molar-refractivity contribution in [2.24, 2.45) is 17.8 Å². The molecule has 2 aromatic carbocycles. The molecule has 41 heavy (non-hydrogen) atoms. The Bertz CT molecular complexity index is 1390. The van der Waals surface area contributed by atoms with E-state index in [1.54, 1.807) is 41.2 Å². The zero-order chi connectivity index (χ0) is 28.9. The van der Waals surface area contributed by atoms with E-state index in [2.05, 4.69) is 0 Å².